The van der Waals surface area contributed by atoms with Crippen LogP contribution < -0.4 is 16.3 Å². The van der Waals surface area contributed by atoms with E-state index in [0.29, 0.717) is 29.3 Å². The fourth-order valence-corrected chi connectivity index (χ4v) is 4.47. The molecule has 0 radical (unpaired) electrons. The maximum absolute atomic E-state index is 13.5. The van der Waals surface area contributed by atoms with Gasteiger partial charge in [0.25, 0.3) is 0 Å². The lowest BCUT2D eigenvalue weighted by atomic mass is 10.0. The fraction of sp³-hybridized carbons (Fsp3) is 0.500. The first kappa shape index (κ1) is 25.3. The first-order chi connectivity index (χ1) is 16.6. The van der Waals surface area contributed by atoms with Crippen LogP contribution in [0, 0.1) is 6.92 Å². The molecule has 1 aromatic carbocycles. The number of halogens is 1. The molecule has 2 heterocycles. The van der Waals surface area contributed by atoms with Crippen molar-refractivity contribution in [1.82, 2.24) is 24.8 Å². The summed E-state index contributed by atoms with van der Waals surface area (Å²) < 4.78 is 8.52. The molecule has 188 valence electrons. The fourth-order valence-electron chi connectivity index (χ4n) is 4.30. The molecule has 2 N–H and O–H groups in total. The van der Waals surface area contributed by atoms with E-state index in [9.17, 15) is 9.59 Å². The summed E-state index contributed by atoms with van der Waals surface area (Å²) in [6, 6.07) is 12.0. The van der Waals surface area contributed by atoms with E-state index < -0.39 is 11.7 Å². The van der Waals surface area contributed by atoms with Crippen LogP contribution in [0.2, 0.25) is 5.02 Å². The lowest BCUT2D eigenvalue weighted by Gasteiger charge is -2.22. The summed E-state index contributed by atoms with van der Waals surface area (Å²) in [4.78, 5) is 25.3. The Bertz CT molecular complexity index is 1260. The number of benzene rings is 1. The van der Waals surface area contributed by atoms with Crippen molar-refractivity contribution in [2.75, 3.05) is 19.6 Å². The first-order valence-corrected chi connectivity index (χ1v) is 12.5. The van der Waals surface area contributed by atoms with Crippen molar-refractivity contribution in [3.05, 3.63) is 68.9 Å². The lowest BCUT2D eigenvalue weighted by Crippen LogP contribution is -2.37. The van der Waals surface area contributed by atoms with Crippen LogP contribution in [0.3, 0.4) is 0 Å². The quantitative estimate of drug-likeness (QED) is 0.434. The normalized spacial score (nSPS) is 14.8. The lowest BCUT2D eigenvalue weighted by molar-refractivity contribution is 0.0527. The topological polar surface area (TPSA) is 89.7 Å². The Morgan fingerprint density at radius 3 is 2.57 bits per heavy atom. The highest BCUT2D eigenvalue weighted by Gasteiger charge is 2.46. The number of nitrogens with one attached hydrogen (secondary N) is 2. The summed E-state index contributed by atoms with van der Waals surface area (Å²) in [6.45, 7) is 9.84. The van der Waals surface area contributed by atoms with E-state index in [2.05, 4.69) is 15.7 Å². The van der Waals surface area contributed by atoms with E-state index in [0.717, 1.165) is 43.6 Å². The van der Waals surface area contributed by atoms with Crippen LogP contribution >= 0.6 is 11.6 Å². The van der Waals surface area contributed by atoms with Gasteiger partial charge in [-0.15, -0.1) is 0 Å². The zero-order valence-electron chi connectivity index (χ0n) is 20.9. The zero-order chi connectivity index (χ0) is 25.2. The van der Waals surface area contributed by atoms with Crippen LogP contribution in [0.25, 0.3) is 5.52 Å². The average molecular weight is 500 g/mol. The number of rotatable bonds is 9. The Hall–Kier alpha value is -2.84. The van der Waals surface area contributed by atoms with Crippen LogP contribution in [0.15, 0.2) is 41.2 Å². The molecule has 1 aliphatic rings. The molecule has 8 nitrogen and oxygen atoms in total. The second-order valence-electron chi connectivity index (χ2n) is 10.3. The van der Waals surface area contributed by atoms with Crippen LogP contribution in [-0.4, -0.2) is 45.5 Å². The molecule has 4 rings (SSSR count). The number of carbonyl (C=O) groups is 1. The molecular weight excluding hydrogens is 466 g/mol. The Kier molecular flexibility index (Phi) is 7.24. The van der Waals surface area contributed by atoms with Crippen LogP contribution in [-0.2, 0) is 16.7 Å². The first-order valence-electron chi connectivity index (χ1n) is 12.1. The molecule has 0 unspecified atom stereocenters. The molecular formula is C26H34ClN5O3. The minimum Gasteiger partial charge on any atom is -0.444 e. The van der Waals surface area contributed by atoms with Crippen molar-refractivity contribution in [3.63, 3.8) is 0 Å². The van der Waals surface area contributed by atoms with E-state index >= 15 is 0 Å². The summed E-state index contributed by atoms with van der Waals surface area (Å²) >= 11 is 6.50. The van der Waals surface area contributed by atoms with Gasteiger partial charge in [-0.1, -0.05) is 41.9 Å². The second kappa shape index (κ2) is 10.0. The van der Waals surface area contributed by atoms with E-state index in [1.807, 2.05) is 68.7 Å². The van der Waals surface area contributed by atoms with Gasteiger partial charge in [0.1, 0.15) is 5.60 Å². The van der Waals surface area contributed by atoms with E-state index in [-0.39, 0.29) is 11.1 Å². The number of amides is 1. The minimum absolute atomic E-state index is 0.129. The second-order valence-corrected chi connectivity index (χ2v) is 10.7. The van der Waals surface area contributed by atoms with E-state index in [1.165, 1.54) is 4.52 Å². The molecule has 2 aromatic heterocycles. The van der Waals surface area contributed by atoms with Crippen molar-refractivity contribution < 1.29 is 9.53 Å². The molecule has 3 aromatic rings. The Morgan fingerprint density at radius 2 is 1.91 bits per heavy atom. The molecule has 1 fully saturated rings. The standard InChI is InChI=1S/C26H34ClN5O3/c1-18-22(27)20-15-21(31(24(34)32(20)30-18)16-19-9-6-5-7-10-19)26(11-12-26)17-28-13-8-14-29-23(33)35-25(2,3)4/h5-7,9-10,15,28H,8,11-14,16-17H2,1-4H3,(H,29,33). The number of aromatic nitrogens is 3. The van der Waals surface area contributed by atoms with Gasteiger partial charge in [0, 0.05) is 24.2 Å². The number of aryl methyl sites for hydroxylation is 1. The highest BCUT2D eigenvalue weighted by molar-refractivity contribution is 6.34. The van der Waals surface area contributed by atoms with Gasteiger partial charge < -0.3 is 15.4 Å². The third-order valence-electron chi connectivity index (χ3n) is 6.24. The zero-order valence-corrected chi connectivity index (χ0v) is 21.6. The van der Waals surface area contributed by atoms with Gasteiger partial charge in [-0.2, -0.15) is 9.61 Å². The van der Waals surface area contributed by atoms with Crippen molar-refractivity contribution in [2.24, 2.45) is 0 Å². The number of alkyl carbamates (subject to hydrolysis) is 1. The third-order valence-corrected chi connectivity index (χ3v) is 6.71. The average Bonchev–Trinajstić information content (AvgIpc) is 3.52. The molecule has 9 heteroatoms. The number of fused-ring (bicyclic) bond motifs is 1. The molecule has 0 aliphatic heterocycles. The maximum atomic E-state index is 13.5. The smallest absolute Gasteiger partial charge is 0.407 e. The summed E-state index contributed by atoms with van der Waals surface area (Å²) in [5.41, 5.74) is 2.53. The molecule has 0 saturated heterocycles. The monoisotopic (exact) mass is 499 g/mol. The minimum atomic E-state index is -0.506. The largest absolute Gasteiger partial charge is 0.444 e. The molecule has 0 atom stereocenters. The van der Waals surface area contributed by atoms with Gasteiger partial charge in [-0.25, -0.2) is 9.59 Å². The highest BCUT2D eigenvalue weighted by Crippen LogP contribution is 2.48. The van der Waals surface area contributed by atoms with E-state index in [1.54, 1.807) is 0 Å². The predicted octanol–water partition coefficient (Wildman–Crippen LogP) is 4.04. The number of nitrogens with zero attached hydrogens (tertiary/aromatic N) is 3. The Labute approximate surface area is 210 Å². The van der Waals surface area contributed by atoms with Crippen molar-refractivity contribution in [2.45, 2.75) is 64.5 Å². The van der Waals surface area contributed by atoms with Gasteiger partial charge >= 0.3 is 11.8 Å². The van der Waals surface area contributed by atoms with Crippen molar-refractivity contribution in [1.29, 1.82) is 0 Å². The van der Waals surface area contributed by atoms with Crippen LogP contribution in [0.5, 0.6) is 0 Å². The Balaban J connectivity index is 1.48. The third kappa shape index (κ3) is 5.87. The number of hydrogen-bond donors (Lipinski definition) is 2. The van der Waals surface area contributed by atoms with Gasteiger partial charge in [-0.3, -0.25) is 4.57 Å². The summed E-state index contributed by atoms with van der Waals surface area (Å²) in [7, 11) is 0. The number of hydrogen-bond acceptors (Lipinski definition) is 5. The maximum Gasteiger partial charge on any atom is 0.407 e. The van der Waals surface area contributed by atoms with Gasteiger partial charge in [0.15, 0.2) is 0 Å². The van der Waals surface area contributed by atoms with Crippen LogP contribution in [0.1, 0.15) is 57.0 Å². The number of carbonyl (C=O) groups excluding carboxylic acids is 1. The molecule has 0 bridgehead atoms. The molecule has 0 spiro atoms. The summed E-state index contributed by atoms with van der Waals surface area (Å²) in [5.74, 6) is 0. The number of ether oxygens (including phenoxy) is 1. The Morgan fingerprint density at radius 1 is 1.20 bits per heavy atom. The molecule has 1 aliphatic carbocycles. The summed E-state index contributed by atoms with van der Waals surface area (Å²) in [5, 5.41) is 11.2. The highest BCUT2D eigenvalue weighted by atomic mass is 35.5. The summed E-state index contributed by atoms with van der Waals surface area (Å²) in [6.07, 6.45) is 2.36. The predicted molar refractivity (Wildman–Crippen MR) is 137 cm³/mol. The van der Waals surface area contributed by atoms with Gasteiger partial charge in [0.2, 0.25) is 0 Å². The van der Waals surface area contributed by atoms with E-state index in [4.69, 9.17) is 16.3 Å². The van der Waals surface area contributed by atoms with Gasteiger partial charge in [-0.05, 0) is 65.1 Å². The van der Waals surface area contributed by atoms with Crippen molar-refractivity contribution >= 4 is 23.2 Å². The van der Waals surface area contributed by atoms with Crippen molar-refractivity contribution in [3.8, 4) is 0 Å². The SMILES string of the molecule is Cc1nn2c(=O)n(Cc3ccccc3)c(C3(CNCCCNC(=O)OC(C)(C)C)CC3)cc2c1Cl. The molecule has 1 amide bonds. The van der Waals surface area contributed by atoms with Gasteiger partial charge in [0.05, 0.1) is 22.8 Å². The van der Waals surface area contributed by atoms with Crippen LogP contribution in [0.4, 0.5) is 4.79 Å². The molecule has 35 heavy (non-hydrogen) atoms. The molecule has 1 saturated carbocycles.